The topological polar surface area (TPSA) is 84.9 Å². The van der Waals surface area contributed by atoms with Gasteiger partial charge in [0.15, 0.2) is 0 Å². The fraction of sp³-hybridized carbons (Fsp3) is 0.368. The lowest BCUT2D eigenvalue weighted by Gasteiger charge is -2.30. The van der Waals surface area contributed by atoms with Gasteiger partial charge in [-0.05, 0) is 44.4 Å². The Balaban J connectivity index is 2.77. The number of ether oxygens (including phenoxy) is 2. The van der Waals surface area contributed by atoms with Crippen LogP contribution >= 0.6 is 0 Å². The van der Waals surface area contributed by atoms with E-state index in [4.69, 9.17) is 9.47 Å². The molecular formula is C19H23NO5. The van der Waals surface area contributed by atoms with E-state index in [2.05, 4.69) is 5.32 Å². The molecule has 0 saturated carbocycles. The van der Waals surface area contributed by atoms with E-state index in [1.54, 1.807) is 39.8 Å². The lowest BCUT2D eigenvalue weighted by Crippen LogP contribution is -2.32. The Bertz CT molecular complexity index is 743. The molecule has 1 heterocycles. The van der Waals surface area contributed by atoms with E-state index in [1.165, 1.54) is 14.2 Å². The summed E-state index contributed by atoms with van der Waals surface area (Å²) in [5, 5.41) is 13.1. The average Bonchev–Trinajstić information content (AvgIpc) is 2.57. The third-order valence-electron chi connectivity index (χ3n) is 4.42. The van der Waals surface area contributed by atoms with Crippen LogP contribution in [0, 0.1) is 13.8 Å². The van der Waals surface area contributed by atoms with Gasteiger partial charge in [-0.25, -0.2) is 9.59 Å². The first-order valence-corrected chi connectivity index (χ1v) is 7.88. The monoisotopic (exact) mass is 345 g/mol. The Hall–Kier alpha value is -2.76. The van der Waals surface area contributed by atoms with E-state index in [9.17, 15) is 14.7 Å². The van der Waals surface area contributed by atoms with Crippen molar-refractivity contribution in [2.75, 3.05) is 14.2 Å². The summed E-state index contributed by atoms with van der Waals surface area (Å²) in [6.07, 6.45) is 0. The van der Waals surface area contributed by atoms with Crippen molar-refractivity contribution in [2.24, 2.45) is 0 Å². The minimum atomic E-state index is -0.640. The molecule has 0 radical (unpaired) electrons. The predicted octanol–water partition coefficient (Wildman–Crippen LogP) is 2.59. The van der Waals surface area contributed by atoms with Crippen LogP contribution in [0.15, 0.2) is 34.7 Å². The van der Waals surface area contributed by atoms with Crippen molar-refractivity contribution in [1.29, 1.82) is 0 Å². The normalized spacial score (nSPS) is 15.1. The molecule has 0 aliphatic carbocycles. The lowest BCUT2D eigenvalue weighted by atomic mass is 9.79. The number of phenolic OH excluding ortho intramolecular Hbond substituents is 1. The van der Waals surface area contributed by atoms with Crippen LogP contribution in [0.25, 0.3) is 0 Å². The number of hydrogen-bond acceptors (Lipinski definition) is 6. The highest BCUT2D eigenvalue weighted by Crippen LogP contribution is 2.40. The van der Waals surface area contributed by atoms with Crippen molar-refractivity contribution in [2.45, 2.75) is 33.6 Å². The molecule has 6 heteroatoms. The molecular weight excluding hydrogens is 322 g/mol. The van der Waals surface area contributed by atoms with Crippen molar-refractivity contribution < 1.29 is 24.2 Å². The minimum Gasteiger partial charge on any atom is -0.507 e. The van der Waals surface area contributed by atoms with E-state index in [1.807, 2.05) is 0 Å². The van der Waals surface area contributed by atoms with E-state index < -0.39 is 17.9 Å². The maximum atomic E-state index is 12.4. The number of methoxy groups -OCH3 is 2. The Morgan fingerprint density at radius 2 is 1.32 bits per heavy atom. The van der Waals surface area contributed by atoms with Gasteiger partial charge < -0.3 is 19.9 Å². The molecule has 0 spiro atoms. The van der Waals surface area contributed by atoms with Gasteiger partial charge in [0.25, 0.3) is 0 Å². The van der Waals surface area contributed by atoms with Crippen LogP contribution in [0.2, 0.25) is 0 Å². The predicted molar refractivity (Wildman–Crippen MR) is 92.9 cm³/mol. The molecule has 0 amide bonds. The number of allylic oxidation sites excluding steroid dienone is 2. The summed E-state index contributed by atoms with van der Waals surface area (Å²) < 4.78 is 9.86. The summed E-state index contributed by atoms with van der Waals surface area (Å²) >= 11 is 0. The summed E-state index contributed by atoms with van der Waals surface area (Å²) in [4.78, 5) is 24.8. The quantitative estimate of drug-likeness (QED) is 0.819. The third kappa shape index (κ3) is 3.24. The number of phenols is 1. The number of aryl methyl sites for hydroxylation is 2. The molecule has 1 aromatic carbocycles. The van der Waals surface area contributed by atoms with Gasteiger partial charge in [-0.2, -0.15) is 0 Å². The summed E-state index contributed by atoms with van der Waals surface area (Å²) in [6.45, 7) is 7.07. The lowest BCUT2D eigenvalue weighted by molar-refractivity contribution is -0.137. The van der Waals surface area contributed by atoms with Crippen LogP contribution in [0.5, 0.6) is 5.75 Å². The van der Waals surface area contributed by atoms with Crippen LogP contribution in [-0.4, -0.2) is 31.3 Å². The first-order valence-electron chi connectivity index (χ1n) is 7.88. The molecule has 1 aromatic rings. The summed E-state index contributed by atoms with van der Waals surface area (Å²) in [6, 6.07) is 3.54. The largest absolute Gasteiger partial charge is 0.507 e. The molecule has 2 rings (SSSR count). The van der Waals surface area contributed by atoms with Gasteiger partial charge in [0.2, 0.25) is 0 Å². The number of aromatic hydroxyl groups is 1. The van der Waals surface area contributed by atoms with Gasteiger partial charge >= 0.3 is 11.9 Å². The van der Waals surface area contributed by atoms with Crippen LogP contribution in [-0.2, 0) is 19.1 Å². The van der Waals surface area contributed by atoms with Crippen molar-refractivity contribution in [1.82, 2.24) is 5.32 Å². The van der Waals surface area contributed by atoms with Gasteiger partial charge in [-0.1, -0.05) is 12.1 Å². The van der Waals surface area contributed by atoms with Gasteiger partial charge in [0.05, 0.1) is 31.3 Å². The van der Waals surface area contributed by atoms with E-state index in [0.717, 1.165) is 0 Å². The van der Waals surface area contributed by atoms with E-state index in [0.29, 0.717) is 39.2 Å². The Morgan fingerprint density at radius 3 is 1.68 bits per heavy atom. The number of carbonyl (C=O) groups is 2. The summed E-state index contributed by atoms with van der Waals surface area (Å²) in [5.41, 5.74) is 3.97. The van der Waals surface area contributed by atoms with E-state index >= 15 is 0 Å². The first-order chi connectivity index (χ1) is 11.7. The molecule has 134 valence electrons. The van der Waals surface area contributed by atoms with Crippen molar-refractivity contribution >= 4 is 11.9 Å². The maximum absolute atomic E-state index is 12.4. The van der Waals surface area contributed by atoms with Crippen molar-refractivity contribution in [3.63, 3.8) is 0 Å². The highest BCUT2D eigenvalue weighted by Gasteiger charge is 2.37. The molecule has 0 bridgehead atoms. The molecule has 1 aliphatic heterocycles. The van der Waals surface area contributed by atoms with Crippen LogP contribution in [0.3, 0.4) is 0 Å². The fourth-order valence-corrected chi connectivity index (χ4v) is 3.24. The van der Waals surface area contributed by atoms with Gasteiger partial charge in [0.1, 0.15) is 5.75 Å². The summed E-state index contributed by atoms with van der Waals surface area (Å²) in [7, 11) is 2.60. The number of esters is 2. The van der Waals surface area contributed by atoms with Crippen LogP contribution < -0.4 is 5.32 Å². The molecule has 6 nitrogen and oxygen atoms in total. The second-order valence-electron chi connectivity index (χ2n) is 6.12. The second-order valence-corrected chi connectivity index (χ2v) is 6.12. The molecule has 1 aliphatic rings. The van der Waals surface area contributed by atoms with Crippen molar-refractivity contribution in [3.8, 4) is 5.75 Å². The SMILES string of the molecule is COC(=O)C1=C(C)NC(C)=C(C(=O)OC)C1c1cc(C)c(O)c(C)c1. The molecule has 0 unspecified atom stereocenters. The van der Waals surface area contributed by atoms with Crippen LogP contribution in [0.1, 0.15) is 36.5 Å². The number of nitrogens with one attached hydrogen (secondary N) is 1. The number of hydrogen-bond donors (Lipinski definition) is 2. The van der Waals surface area contributed by atoms with E-state index in [-0.39, 0.29) is 5.75 Å². The van der Waals surface area contributed by atoms with Crippen molar-refractivity contribution in [3.05, 3.63) is 51.4 Å². The molecule has 2 N–H and O–H groups in total. The molecule has 0 aromatic heterocycles. The summed E-state index contributed by atoms with van der Waals surface area (Å²) in [5.74, 6) is -1.49. The molecule has 0 fully saturated rings. The van der Waals surface area contributed by atoms with Crippen LogP contribution in [0.4, 0.5) is 0 Å². The fourth-order valence-electron chi connectivity index (χ4n) is 3.24. The Kier molecular flexibility index (Phi) is 5.21. The smallest absolute Gasteiger partial charge is 0.336 e. The van der Waals surface area contributed by atoms with Gasteiger partial charge in [0, 0.05) is 11.4 Å². The highest BCUT2D eigenvalue weighted by molar-refractivity contribution is 5.99. The average molecular weight is 345 g/mol. The number of dihydropyridines is 1. The second kappa shape index (κ2) is 7.01. The number of rotatable bonds is 3. The Labute approximate surface area is 147 Å². The van der Waals surface area contributed by atoms with Gasteiger partial charge in [-0.3, -0.25) is 0 Å². The number of benzene rings is 1. The zero-order valence-electron chi connectivity index (χ0n) is 15.3. The third-order valence-corrected chi connectivity index (χ3v) is 4.42. The number of carbonyl (C=O) groups excluding carboxylic acids is 2. The maximum Gasteiger partial charge on any atom is 0.336 e. The highest BCUT2D eigenvalue weighted by atomic mass is 16.5. The molecule has 0 saturated heterocycles. The first kappa shape index (κ1) is 18.6. The molecule has 25 heavy (non-hydrogen) atoms. The minimum absolute atomic E-state index is 0.193. The zero-order valence-corrected chi connectivity index (χ0v) is 15.3. The standard InChI is InChI=1S/C19H23NO5/c1-9-7-13(8-10(2)17(9)21)16-14(18(22)24-5)11(3)20-12(4)15(16)19(23)25-6/h7-8,16,20-21H,1-6H3. The zero-order chi connectivity index (χ0) is 18.9. The Morgan fingerprint density at radius 1 is 0.920 bits per heavy atom. The molecule has 0 atom stereocenters. The van der Waals surface area contributed by atoms with Gasteiger partial charge in [-0.15, -0.1) is 0 Å².